The number of alkyl halides is 3. The number of nitrogens with one attached hydrogen (secondary N) is 3. The van der Waals surface area contributed by atoms with Gasteiger partial charge in [0.25, 0.3) is 0 Å². The van der Waals surface area contributed by atoms with Crippen molar-refractivity contribution in [1.82, 2.24) is 9.97 Å². The summed E-state index contributed by atoms with van der Waals surface area (Å²) in [5.74, 6) is 0.681. The Balaban J connectivity index is 1.92. The van der Waals surface area contributed by atoms with Crippen LogP contribution >= 0.6 is 11.6 Å². The third-order valence-corrected chi connectivity index (χ3v) is 5.61. The smallest absolute Gasteiger partial charge is 0.417 e. The van der Waals surface area contributed by atoms with E-state index in [0.717, 1.165) is 18.2 Å². The maximum Gasteiger partial charge on any atom is 0.417 e. The predicted octanol–water partition coefficient (Wildman–Crippen LogP) is 5.94. The van der Waals surface area contributed by atoms with E-state index in [1.54, 1.807) is 18.2 Å². The molecule has 0 bridgehead atoms. The molecule has 0 aliphatic heterocycles. The van der Waals surface area contributed by atoms with Crippen molar-refractivity contribution in [3.8, 4) is 5.75 Å². The Morgan fingerprint density at radius 3 is 2.36 bits per heavy atom. The van der Waals surface area contributed by atoms with Crippen molar-refractivity contribution in [2.45, 2.75) is 25.6 Å². The van der Waals surface area contributed by atoms with Crippen LogP contribution in [0.2, 0.25) is 5.02 Å². The largest absolute Gasteiger partial charge is 0.494 e. The van der Waals surface area contributed by atoms with Crippen LogP contribution < -0.4 is 31.3 Å². The molecule has 1 amide bonds. The minimum absolute atomic E-state index is 0.295. The van der Waals surface area contributed by atoms with Gasteiger partial charge in [0.1, 0.15) is 23.7 Å². The van der Waals surface area contributed by atoms with E-state index >= 15 is 0 Å². The van der Waals surface area contributed by atoms with Gasteiger partial charge in [-0.05, 0) is 44.2 Å². The summed E-state index contributed by atoms with van der Waals surface area (Å²) in [5.41, 5.74) is 6.66. The summed E-state index contributed by atoms with van der Waals surface area (Å²) in [7, 11) is 3.34. The van der Waals surface area contributed by atoms with Crippen LogP contribution in [0, 0.1) is 0 Å². The van der Waals surface area contributed by atoms with E-state index in [4.69, 9.17) is 22.1 Å². The van der Waals surface area contributed by atoms with E-state index in [-0.39, 0.29) is 0 Å². The summed E-state index contributed by atoms with van der Waals surface area (Å²) in [4.78, 5) is 22.4. The number of hydrogen-bond acceptors (Lipinski definition) is 8. The summed E-state index contributed by atoms with van der Waals surface area (Å²) in [6.45, 7) is 7.76. The zero-order chi connectivity index (χ0) is 29.0. The monoisotopic (exact) mass is 563 g/mol. The number of nitrogens with two attached hydrogens (primary N) is 1. The van der Waals surface area contributed by atoms with Gasteiger partial charge in [0.15, 0.2) is 0 Å². The summed E-state index contributed by atoms with van der Waals surface area (Å²) in [6, 6.07) is 8.27. The van der Waals surface area contributed by atoms with Crippen molar-refractivity contribution >= 4 is 51.9 Å². The summed E-state index contributed by atoms with van der Waals surface area (Å²) < 4.78 is 44.6. The van der Waals surface area contributed by atoms with Gasteiger partial charge in [0.2, 0.25) is 5.91 Å². The average molecular weight is 564 g/mol. The molecule has 3 rings (SSSR count). The van der Waals surface area contributed by atoms with E-state index in [1.165, 1.54) is 19.5 Å². The number of likely N-dealkylation sites (N-methyl/N-ethyl adjacent to an activating group) is 1. The molecule has 13 heteroatoms. The molecule has 39 heavy (non-hydrogen) atoms. The molecule has 208 valence electrons. The van der Waals surface area contributed by atoms with E-state index in [0.29, 0.717) is 46.7 Å². The third kappa shape index (κ3) is 7.98. The topological polar surface area (TPSA) is 117 Å². The lowest BCUT2D eigenvalue weighted by atomic mass is 10.1. The molecule has 1 aromatic heterocycles. The van der Waals surface area contributed by atoms with Crippen molar-refractivity contribution in [2.24, 2.45) is 5.73 Å². The molecule has 9 nitrogen and oxygen atoms in total. The van der Waals surface area contributed by atoms with Gasteiger partial charge in [-0.3, -0.25) is 4.79 Å². The fourth-order valence-electron chi connectivity index (χ4n) is 3.73. The van der Waals surface area contributed by atoms with E-state index in [9.17, 15) is 18.0 Å². The van der Waals surface area contributed by atoms with E-state index in [1.807, 2.05) is 25.8 Å². The van der Waals surface area contributed by atoms with Crippen molar-refractivity contribution in [2.75, 3.05) is 41.6 Å². The van der Waals surface area contributed by atoms with Gasteiger partial charge >= 0.3 is 6.18 Å². The Morgan fingerprint density at radius 2 is 1.79 bits per heavy atom. The van der Waals surface area contributed by atoms with Gasteiger partial charge in [-0.25, -0.2) is 9.97 Å². The first-order chi connectivity index (χ1) is 18.2. The fraction of sp³-hybridized carbons (Fsp3) is 0.269. The predicted molar refractivity (Wildman–Crippen MR) is 148 cm³/mol. The number of nitrogens with zero attached hydrogens (tertiary/aromatic N) is 3. The second-order valence-electron chi connectivity index (χ2n) is 9.34. The maximum atomic E-state index is 13.0. The van der Waals surface area contributed by atoms with Crippen LogP contribution in [0.4, 0.5) is 47.6 Å². The Hall–Kier alpha value is -4.03. The summed E-state index contributed by atoms with van der Waals surface area (Å²) >= 11 is 5.82. The SMILES string of the molecule is C=CC(=O)Nc1cc(Nc2cc(Nc3ccc(C(F)(F)F)c(Cl)c3)ncn2)c(OC)cc1N(C)CC(C)(C)N. The molecule has 0 radical (unpaired) electrons. The highest BCUT2D eigenvalue weighted by Crippen LogP contribution is 2.39. The lowest BCUT2D eigenvalue weighted by molar-refractivity contribution is -0.137. The van der Waals surface area contributed by atoms with Crippen molar-refractivity contribution in [3.05, 3.63) is 66.0 Å². The highest BCUT2D eigenvalue weighted by atomic mass is 35.5. The maximum absolute atomic E-state index is 13.0. The van der Waals surface area contributed by atoms with E-state index < -0.39 is 28.2 Å². The normalized spacial score (nSPS) is 11.5. The molecule has 0 spiro atoms. The summed E-state index contributed by atoms with van der Waals surface area (Å²) in [5, 5.41) is 8.39. The zero-order valence-corrected chi connectivity index (χ0v) is 22.5. The number of benzene rings is 2. The molecule has 0 saturated heterocycles. The highest BCUT2D eigenvalue weighted by molar-refractivity contribution is 6.31. The Labute approximate surface area is 229 Å². The van der Waals surface area contributed by atoms with Crippen molar-refractivity contribution in [1.29, 1.82) is 0 Å². The molecule has 0 saturated carbocycles. The number of aromatic nitrogens is 2. The number of anilines is 6. The molecule has 2 aromatic carbocycles. The molecule has 0 unspecified atom stereocenters. The molecule has 0 fully saturated rings. The van der Waals surface area contributed by atoms with Gasteiger partial charge in [-0.15, -0.1) is 0 Å². The number of carbonyl (C=O) groups excluding carboxylic acids is 1. The van der Waals surface area contributed by atoms with Crippen LogP contribution in [0.5, 0.6) is 5.75 Å². The first-order valence-electron chi connectivity index (χ1n) is 11.6. The Bertz CT molecular complexity index is 1360. The van der Waals surface area contributed by atoms with Gasteiger partial charge in [0.05, 0.1) is 34.8 Å². The molecule has 3 aromatic rings. The summed E-state index contributed by atoms with van der Waals surface area (Å²) in [6.07, 6.45) is -2.13. The lowest BCUT2D eigenvalue weighted by Gasteiger charge is -2.30. The van der Waals surface area contributed by atoms with Crippen LogP contribution in [0.25, 0.3) is 0 Å². The van der Waals surface area contributed by atoms with Gasteiger partial charge in [-0.2, -0.15) is 13.2 Å². The fourth-order valence-corrected chi connectivity index (χ4v) is 4.02. The molecule has 0 aliphatic rings. The number of amides is 1. The quantitative estimate of drug-likeness (QED) is 0.224. The first-order valence-corrected chi connectivity index (χ1v) is 12.0. The van der Waals surface area contributed by atoms with Crippen molar-refractivity contribution in [3.63, 3.8) is 0 Å². The number of methoxy groups -OCH3 is 1. The molecule has 5 N–H and O–H groups in total. The second-order valence-corrected chi connectivity index (χ2v) is 9.75. The van der Waals surface area contributed by atoms with Crippen LogP contribution in [0.3, 0.4) is 0 Å². The zero-order valence-electron chi connectivity index (χ0n) is 21.8. The lowest BCUT2D eigenvalue weighted by Crippen LogP contribution is -2.44. The number of rotatable bonds is 10. The molecule has 1 heterocycles. The van der Waals surface area contributed by atoms with Crippen LogP contribution in [0.15, 0.2) is 55.4 Å². The van der Waals surface area contributed by atoms with Crippen LogP contribution in [-0.4, -0.2) is 42.1 Å². The van der Waals surface area contributed by atoms with Crippen LogP contribution in [-0.2, 0) is 11.0 Å². The molecule has 0 aliphatic carbocycles. The molecular formula is C26H29ClF3N7O2. The Morgan fingerprint density at radius 1 is 1.13 bits per heavy atom. The van der Waals surface area contributed by atoms with E-state index in [2.05, 4.69) is 32.5 Å². The minimum atomic E-state index is -4.56. The number of halogens is 4. The standard InChI is InChI=1S/C26H29ClF3N7O2/c1-6-24(38)36-18-10-19(21(39-5)11-20(18)37(4)13-25(2,3)31)35-23-12-22(32-14-33-23)34-15-7-8-16(17(27)9-15)26(28,29)30/h6-12,14H,1,13,31H2,2-5H3,(H,36,38)(H2,32,33,34,35). The van der Waals surface area contributed by atoms with Gasteiger partial charge in [0, 0.05) is 37.0 Å². The number of ether oxygens (including phenoxy) is 1. The first kappa shape index (κ1) is 29.5. The molecule has 0 atom stereocenters. The number of hydrogen-bond donors (Lipinski definition) is 4. The Kier molecular flexibility index (Phi) is 8.92. The second kappa shape index (κ2) is 11.8. The average Bonchev–Trinajstić information content (AvgIpc) is 2.82. The van der Waals surface area contributed by atoms with Crippen LogP contribution in [0.1, 0.15) is 19.4 Å². The van der Waals surface area contributed by atoms with Crippen molar-refractivity contribution < 1.29 is 22.7 Å². The third-order valence-electron chi connectivity index (χ3n) is 5.29. The van der Waals surface area contributed by atoms with Gasteiger partial charge < -0.3 is 31.3 Å². The highest BCUT2D eigenvalue weighted by Gasteiger charge is 2.33. The molecular weight excluding hydrogens is 535 g/mol. The minimum Gasteiger partial charge on any atom is -0.494 e. The number of carbonyl (C=O) groups is 1. The van der Waals surface area contributed by atoms with Gasteiger partial charge in [-0.1, -0.05) is 18.2 Å².